The first kappa shape index (κ1) is 87.0. The first-order valence-electron chi connectivity index (χ1n) is 39.7. The Balaban J connectivity index is 3.97. The van der Waals surface area contributed by atoms with E-state index < -0.39 is 20.0 Å². The Labute approximate surface area is 551 Å². The maximum atomic E-state index is 13.1. The van der Waals surface area contributed by atoms with Crippen LogP contribution in [-0.4, -0.2) is 73.4 Å². The minimum absolute atomic E-state index is 0.0592. The number of hydrogen-bond donors (Lipinski definition) is 3. The fraction of sp³-hybridized carbons (Fsp3) is 0.937. The topological polar surface area (TPSA) is 105 Å². The number of allylic oxidation sites excluding steroid dienone is 3. The molecule has 0 aliphatic heterocycles. The van der Waals surface area contributed by atoms with E-state index in [-0.39, 0.29) is 19.1 Å². The number of rotatable bonds is 75. The third-order valence-electron chi connectivity index (χ3n) is 18.7. The van der Waals surface area contributed by atoms with Gasteiger partial charge in [-0.3, -0.25) is 13.8 Å². The van der Waals surface area contributed by atoms with Crippen LogP contribution in [0.3, 0.4) is 0 Å². The summed E-state index contributed by atoms with van der Waals surface area (Å²) < 4.78 is 23.9. The standard InChI is InChI=1S/C79H157N2O6P/c1-6-8-10-12-14-16-18-20-22-24-26-28-30-32-34-36-38-39-40-41-43-45-47-49-51-53-55-57-59-61-63-65-67-69-71-73-79(83)80-77(76-87-88(84,85)86-75-74-81(3,4)5)78(82)72-70-68-66-64-62-60-58-56-54-52-50-48-46-44-42-37-35-33-31-29-27-25-23-21-19-17-15-13-11-9-7-2/h62,64,70,72,77-78,82H,6-61,63,65-69,71,73-76H2,1-5H3,(H-,80,83,84,85)/p+1/b64-62+,72-70+. The predicted molar refractivity (Wildman–Crippen MR) is 388 cm³/mol. The average Bonchev–Trinajstić information content (AvgIpc) is 3.65. The van der Waals surface area contributed by atoms with Crippen LogP contribution in [0.1, 0.15) is 425 Å². The van der Waals surface area contributed by atoms with E-state index in [4.69, 9.17) is 9.05 Å². The minimum Gasteiger partial charge on any atom is -0.387 e. The number of amides is 1. The lowest BCUT2D eigenvalue weighted by Crippen LogP contribution is -2.45. The molecule has 0 saturated carbocycles. The highest BCUT2D eigenvalue weighted by molar-refractivity contribution is 7.47. The van der Waals surface area contributed by atoms with Crippen LogP contribution in [0, 0.1) is 0 Å². The van der Waals surface area contributed by atoms with Crippen LogP contribution in [0.15, 0.2) is 24.3 Å². The summed E-state index contributed by atoms with van der Waals surface area (Å²) >= 11 is 0. The molecule has 0 aromatic carbocycles. The second-order valence-corrected chi connectivity index (χ2v) is 30.3. The lowest BCUT2D eigenvalue weighted by Gasteiger charge is -2.25. The maximum Gasteiger partial charge on any atom is 0.472 e. The Morgan fingerprint density at radius 3 is 0.909 bits per heavy atom. The van der Waals surface area contributed by atoms with E-state index in [9.17, 15) is 19.4 Å². The molecule has 1 amide bonds. The number of aliphatic hydroxyl groups is 1. The van der Waals surface area contributed by atoms with Gasteiger partial charge in [0.25, 0.3) is 0 Å². The molecule has 0 spiro atoms. The molecule has 3 atom stereocenters. The molecule has 524 valence electrons. The van der Waals surface area contributed by atoms with Crippen molar-refractivity contribution in [3.05, 3.63) is 24.3 Å². The average molecular weight is 1260 g/mol. The number of aliphatic hydroxyl groups excluding tert-OH is 1. The summed E-state index contributed by atoms with van der Waals surface area (Å²) in [6.07, 6.45) is 93.9. The lowest BCUT2D eigenvalue weighted by molar-refractivity contribution is -0.870. The lowest BCUT2D eigenvalue weighted by atomic mass is 10.0. The van der Waals surface area contributed by atoms with Gasteiger partial charge in [0.15, 0.2) is 0 Å². The van der Waals surface area contributed by atoms with E-state index in [0.29, 0.717) is 17.4 Å². The van der Waals surface area contributed by atoms with Gasteiger partial charge in [0, 0.05) is 6.42 Å². The molecule has 88 heavy (non-hydrogen) atoms. The number of hydrogen-bond acceptors (Lipinski definition) is 5. The molecule has 0 aromatic rings. The predicted octanol–water partition coefficient (Wildman–Crippen LogP) is 25.8. The number of carbonyl (C=O) groups excluding carboxylic acids is 1. The number of phosphoric ester groups is 1. The van der Waals surface area contributed by atoms with Crippen LogP contribution in [0.4, 0.5) is 0 Å². The van der Waals surface area contributed by atoms with Gasteiger partial charge < -0.3 is 19.8 Å². The molecule has 0 aliphatic rings. The minimum atomic E-state index is -4.36. The van der Waals surface area contributed by atoms with E-state index in [1.165, 1.54) is 366 Å². The molecular weight excluding hydrogens is 1100 g/mol. The molecular formula is C79H158N2O6P+. The molecule has 0 heterocycles. The van der Waals surface area contributed by atoms with Crippen LogP contribution in [0.5, 0.6) is 0 Å². The van der Waals surface area contributed by atoms with Crippen molar-refractivity contribution < 1.29 is 32.9 Å². The molecule has 8 nitrogen and oxygen atoms in total. The van der Waals surface area contributed by atoms with Gasteiger partial charge in [-0.15, -0.1) is 0 Å². The molecule has 0 fully saturated rings. The molecule has 0 rings (SSSR count). The molecule has 3 N–H and O–H groups in total. The van der Waals surface area contributed by atoms with Crippen molar-refractivity contribution >= 4 is 13.7 Å². The largest absolute Gasteiger partial charge is 0.472 e. The van der Waals surface area contributed by atoms with Crippen LogP contribution in [0.25, 0.3) is 0 Å². The Morgan fingerprint density at radius 2 is 0.625 bits per heavy atom. The van der Waals surface area contributed by atoms with Gasteiger partial charge in [-0.05, 0) is 32.1 Å². The van der Waals surface area contributed by atoms with Gasteiger partial charge >= 0.3 is 7.82 Å². The normalized spacial score (nSPS) is 13.6. The van der Waals surface area contributed by atoms with Crippen LogP contribution >= 0.6 is 7.82 Å². The van der Waals surface area contributed by atoms with Crippen molar-refractivity contribution in [1.29, 1.82) is 0 Å². The highest BCUT2D eigenvalue weighted by Crippen LogP contribution is 2.43. The van der Waals surface area contributed by atoms with Crippen molar-refractivity contribution in [3.8, 4) is 0 Å². The molecule has 0 radical (unpaired) electrons. The van der Waals surface area contributed by atoms with Crippen molar-refractivity contribution in [2.24, 2.45) is 0 Å². The number of nitrogens with one attached hydrogen (secondary N) is 1. The summed E-state index contributed by atoms with van der Waals surface area (Å²) in [6.45, 7) is 4.87. The Morgan fingerprint density at radius 1 is 0.375 bits per heavy atom. The zero-order valence-corrected chi connectivity index (χ0v) is 61.2. The summed E-state index contributed by atoms with van der Waals surface area (Å²) in [5.74, 6) is -0.176. The van der Waals surface area contributed by atoms with Crippen molar-refractivity contribution in [3.63, 3.8) is 0 Å². The van der Waals surface area contributed by atoms with Gasteiger partial charge in [0.05, 0.1) is 39.9 Å². The van der Waals surface area contributed by atoms with Crippen LogP contribution < -0.4 is 5.32 Å². The summed E-state index contributed by atoms with van der Waals surface area (Å²) in [6, 6.07) is -0.863. The summed E-state index contributed by atoms with van der Waals surface area (Å²) in [5, 5.41) is 14.0. The fourth-order valence-corrected chi connectivity index (χ4v) is 13.3. The van der Waals surface area contributed by atoms with Gasteiger partial charge in [-0.25, -0.2) is 4.57 Å². The summed E-state index contributed by atoms with van der Waals surface area (Å²) in [4.78, 5) is 23.5. The van der Waals surface area contributed by atoms with Crippen molar-refractivity contribution in [2.75, 3.05) is 40.9 Å². The number of carbonyl (C=O) groups is 1. The van der Waals surface area contributed by atoms with Gasteiger partial charge in [0.2, 0.25) is 5.91 Å². The monoisotopic (exact) mass is 1260 g/mol. The maximum absolute atomic E-state index is 13.1. The molecule has 9 heteroatoms. The molecule has 0 aliphatic carbocycles. The first-order chi connectivity index (χ1) is 43.0. The first-order valence-corrected chi connectivity index (χ1v) is 41.2. The van der Waals surface area contributed by atoms with Crippen molar-refractivity contribution in [2.45, 2.75) is 437 Å². The van der Waals surface area contributed by atoms with E-state index >= 15 is 0 Å². The number of likely N-dealkylation sites (N-methyl/N-ethyl adjacent to an activating group) is 1. The zero-order chi connectivity index (χ0) is 64.1. The van der Waals surface area contributed by atoms with Crippen LogP contribution in [0.2, 0.25) is 0 Å². The highest BCUT2D eigenvalue weighted by Gasteiger charge is 2.28. The zero-order valence-electron chi connectivity index (χ0n) is 60.3. The molecule has 0 aromatic heterocycles. The Hall–Kier alpha value is -1.02. The summed E-state index contributed by atoms with van der Waals surface area (Å²) in [5.41, 5.74) is 0. The number of quaternary nitrogens is 1. The quantitative estimate of drug-likeness (QED) is 0.0243. The SMILES string of the molecule is CCCCCCCCCCCCCCCCCCCCCCCCCCC/C=C/CC/C=C/C(O)C(COP(=O)(O)OCC[N+](C)(C)C)NC(=O)CCCCCCCCCCCCCCCCCCCCCCCCCCCCCCCCCCCCC. The van der Waals surface area contributed by atoms with E-state index in [1.807, 2.05) is 27.2 Å². The van der Waals surface area contributed by atoms with E-state index in [1.54, 1.807) is 6.08 Å². The Bertz CT molecular complexity index is 1480. The highest BCUT2D eigenvalue weighted by atomic mass is 31.2. The fourth-order valence-electron chi connectivity index (χ4n) is 12.5. The molecule has 0 saturated heterocycles. The van der Waals surface area contributed by atoms with E-state index in [0.717, 1.165) is 38.5 Å². The number of phosphoric acid groups is 1. The smallest absolute Gasteiger partial charge is 0.387 e. The number of nitrogens with zero attached hydrogens (tertiary/aromatic N) is 1. The second kappa shape index (κ2) is 70.3. The van der Waals surface area contributed by atoms with Gasteiger partial charge in [-0.2, -0.15) is 0 Å². The molecule has 0 bridgehead atoms. The van der Waals surface area contributed by atoms with Gasteiger partial charge in [-0.1, -0.05) is 411 Å². The third-order valence-corrected chi connectivity index (χ3v) is 19.7. The van der Waals surface area contributed by atoms with Gasteiger partial charge in [0.1, 0.15) is 13.2 Å². The van der Waals surface area contributed by atoms with E-state index in [2.05, 4.69) is 31.3 Å². The third kappa shape index (κ3) is 72.4. The van der Waals surface area contributed by atoms with Crippen LogP contribution in [-0.2, 0) is 18.4 Å². The van der Waals surface area contributed by atoms with Crippen molar-refractivity contribution in [1.82, 2.24) is 5.32 Å². The summed E-state index contributed by atoms with van der Waals surface area (Å²) in [7, 11) is 1.58. The second-order valence-electron chi connectivity index (χ2n) is 28.8. The molecule has 3 unspecified atom stereocenters. The number of unbranched alkanes of at least 4 members (excludes halogenated alkanes) is 60. The Kier molecular flexibility index (Phi) is 69.5.